The van der Waals surface area contributed by atoms with Crippen LogP contribution in [0.1, 0.15) is 10.5 Å². The highest BCUT2D eigenvalue weighted by molar-refractivity contribution is 5.94. The summed E-state index contributed by atoms with van der Waals surface area (Å²) in [6.07, 6.45) is 3.48. The zero-order chi connectivity index (χ0) is 22.6. The van der Waals surface area contributed by atoms with Gasteiger partial charge in [0.2, 0.25) is 5.88 Å². The van der Waals surface area contributed by atoms with Gasteiger partial charge in [-0.15, -0.1) is 0 Å². The van der Waals surface area contributed by atoms with E-state index in [1.54, 1.807) is 30.3 Å². The molecule has 33 heavy (non-hydrogen) atoms. The van der Waals surface area contributed by atoms with E-state index in [0.717, 1.165) is 35.9 Å². The van der Waals surface area contributed by atoms with Gasteiger partial charge in [0, 0.05) is 44.0 Å². The van der Waals surface area contributed by atoms with Crippen LogP contribution in [0.3, 0.4) is 0 Å². The van der Waals surface area contributed by atoms with Crippen LogP contribution < -0.4 is 9.64 Å². The first kappa shape index (κ1) is 20.7. The second-order valence-electron chi connectivity index (χ2n) is 7.72. The molecule has 5 rings (SSSR count). The topological polar surface area (TPSA) is 76.4 Å². The van der Waals surface area contributed by atoms with E-state index >= 15 is 0 Å². The molecule has 8 nitrogen and oxygen atoms in total. The Balaban J connectivity index is 1.41. The van der Waals surface area contributed by atoms with Gasteiger partial charge in [-0.05, 0) is 24.3 Å². The highest BCUT2D eigenvalue weighted by Crippen LogP contribution is 2.25. The fourth-order valence-electron chi connectivity index (χ4n) is 3.96. The van der Waals surface area contributed by atoms with E-state index in [4.69, 9.17) is 4.74 Å². The normalized spacial score (nSPS) is 13.7. The molecule has 0 bridgehead atoms. The number of pyridine rings is 2. The minimum absolute atomic E-state index is 0.0759. The van der Waals surface area contributed by atoms with Crippen LogP contribution in [-0.4, -0.2) is 63.8 Å². The minimum atomic E-state index is -0.0759. The summed E-state index contributed by atoms with van der Waals surface area (Å²) in [4.78, 5) is 26.1. The molecule has 166 valence electrons. The zero-order valence-corrected chi connectivity index (χ0v) is 18.3. The van der Waals surface area contributed by atoms with Crippen molar-refractivity contribution in [2.45, 2.75) is 0 Å². The summed E-state index contributed by atoms with van der Waals surface area (Å²) in [7, 11) is 1.58. The maximum absolute atomic E-state index is 13.4. The fourth-order valence-corrected chi connectivity index (χ4v) is 3.96. The number of nitrogens with zero attached hydrogens (tertiary/aromatic N) is 6. The largest absolute Gasteiger partial charge is 0.481 e. The molecule has 1 aliphatic heterocycles. The molecule has 1 aromatic carbocycles. The third-order valence-electron chi connectivity index (χ3n) is 5.71. The van der Waals surface area contributed by atoms with Crippen LogP contribution in [0.25, 0.3) is 16.9 Å². The number of aromatic nitrogens is 4. The van der Waals surface area contributed by atoms with Gasteiger partial charge in [0.25, 0.3) is 5.91 Å². The Morgan fingerprint density at radius 3 is 2.36 bits per heavy atom. The van der Waals surface area contributed by atoms with Gasteiger partial charge in [0.15, 0.2) is 5.69 Å². The van der Waals surface area contributed by atoms with Crippen LogP contribution in [0.2, 0.25) is 0 Å². The molecule has 3 aromatic heterocycles. The van der Waals surface area contributed by atoms with Crippen LogP contribution in [0.4, 0.5) is 5.82 Å². The summed E-state index contributed by atoms with van der Waals surface area (Å²) >= 11 is 0. The zero-order valence-electron chi connectivity index (χ0n) is 18.3. The number of hydrogen-bond acceptors (Lipinski definition) is 6. The third kappa shape index (κ3) is 4.27. The maximum Gasteiger partial charge on any atom is 0.274 e. The number of carbonyl (C=O) groups is 1. The Morgan fingerprint density at radius 1 is 0.909 bits per heavy atom. The van der Waals surface area contributed by atoms with Crippen LogP contribution in [-0.2, 0) is 0 Å². The second-order valence-corrected chi connectivity index (χ2v) is 7.72. The lowest BCUT2D eigenvalue weighted by atomic mass is 10.1. The van der Waals surface area contributed by atoms with Gasteiger partial charge in [0.05, 0.1) is 24.7 Å². The van der Waals surface area contributed by atoms with E-state index in [9.17, 15) is 4.79 Å². The van der Waals surface area contributed by atoms with E-state index in [1.807, 2.05) is 65.6 Å². The van der Waals surface area contributed by atoms with E-state index in [1.165, 1.54) is 0 Å². The molecular formula is C25H24N6O2. The smallest absolute Gasteiger partial charge is 0.274 e. The summed E-state index contributed by atoms with van der Waals surface area (Å²) in [5.41, 5.74) is 2.97. The molecule has 0 atom stereocenters. The van der Waals surface area contributed by atoms with Crippen molar-refractivity contribution in [1.29, 1.82) is 0 Å². The molecule has 0 aliphatic carbocycles. The lowest BCUT2D eigenvalue weighted by molar-refractivity contribution is 0.0740. The molecule has 8 heteroatoms. The lowest BCUT2D eigenvalue weighted by Crippen LogP contribution is -2.49. The molecule has 0 saturated carbocycles. The number of amides is 1. The van der Waals surface area contributed by atoms with Gasteiger partial charge in [-0.3, -0.25) is 4.79 Å². The van der Waals surface area contributed by atoms with E-state index < -0.39 is 0 Å². The van der Waals surface area contributed by atoms with Crippen LogP contribution in [0, 0.1) is 0 Å². The van der Waals surface area contributed by atoms with Crippen LogP contribution in [0.5, 0.6) is 5.88 Å². The Bertz CT molecular complexity index is 1220. The van der Waals surface area contributed by atoms with Crippen molar-refractivity contribution in [2.75, 3.05) is 38.2 Å². The van der Waals surface area contributed by atoms with Crippen molar-refractivity contribution in [3.63, 3.8) is 0 Å². The quantitative estimate of drug-likeness (QED) is 0.474. The number of anilines is 1. The van der Waals surface area contributed by atoms with Crippen molar-refractivity contribution < 1.29 is 9.53 Å². The van der Waals surface area contributed by atoms with Crippen molar-refractivity contribution >= 4 is 11.7 Å². The van der Waals surface area contributed by atoms with Crippen molar-refractivity contribution in [2.24, 2.45) is 0 Å². The number of piperazine rings is 1. The highest BCUT2D eigenvalue weighted by Gasteiger charge is 2.26. The number of benzene rings is 1. The van der Waals surface area contributed by atoms with Crippen molar-refractivity contribution in [3.05, 3.63) is 84.8 Å². The summed E-state index contributed by atoms with van der Waals surface area (Å²) in [6, 6.07) is 21.3. The molecule has 1 saturated heterocycles. The molecule has 4 aromatic rings. The first-order chi connectivity index (χ1) is 16.2. The number of rotatable bonds is 5. The van der Waals surface area contributed by atoms with Crippen LogP contribution in [0.15, 0.2) is 79.1 Å². The molecule has 0 spiro atoms. The number of ether oxygens (including phenoxy) is 1. The SMILES string of the molecule is COc1ccc(-n2nc(C(=O)N3CCN(c4ccccn4)CC3)cc2-c2ccccc2)cn1. The Morgan fingerprint density at radius 2 is 1.70 bits per heavy atom. The first-order valence-electron chi connectivity index (χ1n) is 10.8. The standard InChI is InChI=1S/C25H24N6O2/c1-33-24-11-10-20(18-27-24)31-22(19-7-3-2-4-8-19)17-21(28-31)25(32)30-15-13-29(14-16-30)23-9-5-6-12-26-23/h2-12,17-18H,13-16H2,1H3. The van der Waals surface area contributed by atoms with Gasteiger partial charge in [-0.25, -0.2) is 14.6 Å². The van der Waals surface area contributed by atoms with E-state index in [0.29, 0.717) is 24.7 Å². The molecule has 1 amide bonds. The van der Waals surface area contributed by atoms with E-state index in [-0.39, 0.29) is 5.91 Å². The number of carbonyl (C=O) groups excluding carboxylic acids is 1. The number of hydrogen-bond donors (Lipinski definition) is 0. The average Bonchev–Trinajstić information content (AvgIpc) is 3.35. The molecule has 0 unspecified atom stereocenters. The fraction of sp³-hybridized carbons (Fsp3) is 0.200. The maximum atomic E-state index is 13.4. The molecule has 4 heterocycles. The summed E-state index contributed by atoms with van der Waals surface area (Å²) < 4.78 is 6.94. The van der Waals surface area contributed by atoms with Crippen LogP contribution >= 0.6 is 0 Å². The van der Waals surface area contributed by atoms with Gasteiger partial charge < -0.3 is 14.5 Å². The first-order valence-corrected chi connectivity index (χ1v) is 10.8. The van der Waals surface area contributed by atoms with Gasteiger partial charge >= 0.3 is 0 Å². The summed E-state index contributed by atoms with van der Waals surface area (Å²) in [5.74, 6) is 1.38. The van der Waals surface area contributed by atoms with Gasteiger partial charge in [0.1, 0.15) is 5.82 Å². The van der Waals surface area contributed by atoms with Gasteiger partial charge in [-0.1, -0.05) is 36.4 Å². The Kier molecular flexibility index (Phi) is 5.72. The van der Waals surface area contributed by atoms with Crippen molar-refractivity contribution in [1.82, 2.24) is 24.6 Å². The van der Waals surface area contributed by atoms with Crippen molar-refractivity contribution in [3.8, 4) is 22.8 Å². The molecule has 1 fully saturated rings. The minimum Gasteiger partial charge on any atom is -0.481 e. The highest BCUT2D eigenvalue weighted by atomic mass is 16.5. The Labute approximate surface area is 192 Å². The van der Waals surface area contributed by atoms with E-state index in [2.05, 4.69) is 20.0 Å². The summed E-state index contributed by atoms with van der Waals surface area (Å²) in [5, 5.41) is 4.68. The average molecular weight is 441 g/mol. The Hall–Kier alpha value is -4.20. The predicted octanol–water partition coefficient (Wildman–Crippen LogP) is 3.30. The monoisotopic (exact) mass is 440 g/mol. The molecule has 1 aliphatic rings. The lowest BCUT2D eigenvalue weighted by Gasteiger charge is -2.35. The molecular weight excluding hydrogens is 416 g/mol. The summed E-state index contributed by atoms with van der Waals surface area (Å²) in [6.45, 7) is 2.70. The second kappa shape index (κ2) is 9.12. The number of methoxy groups -OCH3 is 1. The van der Waals surface area contributed by atoms with Gasteiger partial charge in [-0.2, -0.15) is 5.10 Å². The predicted molar refractivity (Wildman–Crippen MR) is 126 cm³/mol. The molecule has 0 radical (unpaired) electrons. The third-order valence-corrected chi connectivity index (χ3v) is 5.71. The molecule has 0 N–H and O–H groups in total.